The second-order valence-electron chi connectivity index (χ2n) is 5.43. The van der Waals surface area contributed by atoms with E-state index < -0.39 is 10.0 Å². The quantitative estimate of drug-likeness (QED) is 0.813. The molecule has 1 aromatic rings. The standard InChI is InChI=1S/C12H18N4O2S/c1-10-8-12(2-4-14-10)3-7-19(17,18)16(12)11-9-13-5-6-15-11/h5-6,9-10,14H,2-4,7-8H2,1H3/t10-,12-/m0/s1. The van der Waals surface area contributed by atoms with Crippen LogP contribution < -0.4 is 9.62 Å². The third kappa shape index (κ3) is 2.10. The van der Waals surface area contributed by atoms with Gasteiger partial charge in [0.1, 0.15) is 0 Å². The molecule has 3 rings (SSSR count). The number of nitrogens with one attached hydrogen (secondary N) is 1. The Kier molecular flexibility index (Phi) is 2.98. The van der Waals surface area contributed by atoms with Gasteiger partial charge in [-0.3, -0.25) is 4.98 Å². The minimum absolute atomic E-state index is 0.205. The second-order valence-corrected chi connectivity index (χ2v) is 7.36. The van der Waals surface area contributed by atoms with Gasteiger partial charge in [0.25, 0.3) is 0 Å². The largest absolute Gasteiger partial charge is 0.314 e. The number of aromatic nitrogens is 2. The molecule has 0 radical (unpaired) electrons. The van der Waals surface area contributed by atoms with Crippen molar-refractivity contribution >= 4 is 15.8 Å². The fourth-order valence-corrected chi connectivity index (χ4v) is 5.34. The number of hydrogen-bond acceptors (Lipinski definition) is 5. The fourth-order valence-electron chi connectivity index (χ4n) is 3.30. The molecule has 1 N–H and O–H groups in total. The molecule has 0 bridgehead atoms. The molecule has 104 valence electrons. The van der Waals surface area contributed by atoms with Crippen LogP contribution in [0.2, 0.25) is 0 Å². The van der Waals surface area contributed by atoms with Gasteiger partial charge in [0.15, 0.2) is 5.82 Å². The summed E-state index contributed by atoms with van der Waals surface area (Å²) in [6.07, 6.45) is 6.97. The summed E-state index contributed by atoms with van der Waals surface area (Å²) in [6.45, 7) is 2.94. The first kappa shape index (κ1) is 12.8. The Morgan fingerprint density at radius 1 is 1.42 bits per heavy atom. The Labute approximate surface area is 113 Å². The van der Waals surface area contributed by atoms with E-state index in [2.05, 4.69) is 22.2 Å². The molecule has 2 aliphatic rings. The van der Waals surface area contributed by atoms with Gasteiger partial charge in [-0.15, -0.1) is 0 Å². The van der Waals surface area contributed by atoms with Gasteiger partial charge in [-0.05, 0) is 32.7 Å². The van der Waals surface area contributed by atoms with Crippen LogP contribution in [0.1, 0.15) is 26.2 Å². The molecule has 2 fully saturated rings. The summed E-state index contributed by atoms with van der Waals surface area (Å²) >= 11 is 0. The SMILES string of the molecule is C[C@H]1C[C@]2(CCN1)CCS(=O)(=O)N2c1cnccn1. The number of piperidine rings is 1. The Hall–Kier alpha value is -1.21. The minimum Gasteiger partial charge on any atom is -0.314 e. The maximum atomic E-state index is 12.4. The summed E-state index contributed by atoms with van der Waals surface area (Å²) in [5.41, 5.74) is -0.320. The zero-order valence-electron chi connectivity index (χ0n) is 10.9. The monoisotopic (exact) mass is 282 g/mol. The lowest BCUT2D eigenvalue weighted by molar-refractivity contribution is 0.272. The molecule has 2 saturated heterocycles. The fraction of sp³-hybridized carbons (Fsp3) is 0.667. The number of sulfonamides is 1. The van der Waals surface area contributed by atoms with Crippen LogP contribution >= 0.6 is 0 Å². The van der Waals surface area contributed by atoms with Gasteiger partial charge in [-0.1, -0.05) is 0 Å². The van der Waals surface area contributed by atoms with Gasteiger partial charge < -0.3 is 5.32 Å². The van der Waals surface area contributed by atoms with E-state index in [0.717, 1.165) is 19.4 Å². The van der Waals surface area contributed by atoms with E-state index >= 15 is 0 Å². The van der Waals surface area contributed by atoms with Crippen molar-refractivity contribution in [2.45, 2.75) is 37.8 Å². The molecular weight excluding hydrogens is 264 g/mol. The van der Waals surface area contributed by atoms with E-state index in [1.54, 1.807) is 12.4 Å². The van der Waals surface area contributed by atoms with Crippen LogP contribution in [0.15, 0.2) is 18.6 Å². The number of anilines is 1. The molecule has 3 heterocycles. The number of nitrogens with zero attached hydrogens (tertiary/aromatic N) is 3. The molecule has 7 heteroatoms. The lowest BCUT2D eigenvalue weighted by Crippen LogP contribution is -2.55. The van der Waals surface area contributed by atoms with Gasteiger partial charge in [-0.25, -0.2) is 17.7 Å². The summed E-state index contributed by atoms with van der Waals surface area (Å²) in [5, 5.41) is 3.37. The Bertz CT molecular complexity index is 562. The maximum absolute atomic E-state index is 12.4. The molecule has 0 unspecified atom stereocenters. The van der Waals surface area contributed by atoms with Crippen molar-refractivity contribution in [2.75, 3.05) is 16.6 Å². The van der Waals surface area contributed by atoms with Crippen molar-refractivity contribution < 1.29 is 8.42 Å². The Balaban J connectivity index is 2.05. The van der Waals surface area contributed by atoms with Crippen molar-refractivity contribution in [3.63, 3.8) is 0 Å². The Morgan fingerprint density at radius 3 is 2.95 bits per heavy atom. The smallest absolute Gasteiger partial charge is 0.236 e. The molecule has 0 amide bonds. The summed E-state index contributed by atoms with van der Waals surface area (Å²) in [6, 6.07) is 0.321. The third-order valence-corrected chi connectivity index (χ3v) is 5.91. The molecule has 2 aliphatic heterocycles. The van der Waals surface area contributed by atoms with Crippen LogP contribution in [-0.4, -0.2) is 42.3 Å². The van der Waals surface area contributed by atoms with E-state index in [-0.39, 0.29) is 11.3 Å². The van der Waals surface area contributed by atoms with E-state index in [0.29, 0.717) is 18.3 Å². The van der Waals surface area contributed by atoms with Crippen LogP contribution in [-0.2, 0) is 10.0 Å². The topological polar surface area (TPSA) is 75.2 Å². The van der Waals surface area contributed by atoms with Crippen LogP contribution in [0.4, 0.5) is 5.82 Å². The number of hydrogen-bond donors (Lipinski definition) is 1. The average molecular weight is 282 g/mol. The summed E-state index contributed by atoms with van der Waals surface area (Å²) in [7, 11) is -3.27. The van der Waals surface area contributed by atoms with Crippen LogP contribution in [0, 0.1) is 0 Å². The molecule has 1 aromatic heterocycles. The van der Waals surface area contributed by atoms with E-state index in [4.69, 9.17) is 0 Å². The van der Waals surface area contributed by atoms with Gasteiger partial charge in [-0.2, -0.15) is 0 Å². The van der Waals surface area contributed by atoms with E-state index in [1.165, 1.54) is 10.5 Å². The highest BCUT2D eigenvalue weighted by molar-refractivity contribution is 7.93. The summed E-state index contributed by atoms with van der Waals surface area (Å²) in [4.78, 5) is 8.20. The molecular formula is C12H18N4O2S. The van der Waals surface area contributed by atoms with Gasteiger partial charge in [0, 0.05) is 18.4 Å². The maximum Gasteiger partial charge on any atom is 0.236 e. The first-order valence-electron chi connectivity index (χ1n) is 6.56. The van der Waals surface area contributed by atoms with Crippen LogP contribution in [0.25, 0.3) is 0 Å². The molecule has 0 aromatic carbocycles. The highest BCUT2D eigenvalue weighted by Gasteiger charge is 2.51. The third-order valence-electron chi connectivity index (χ3n) is 4.06. The van der Waals surface area contributed by atoms with Crippen LogP contribution in [0.5, 0.6) is 0 Å². The lowest BCUT2D eigenvalue weighted by atomic mass is 9.82. The van der Waals surface area contributed by atoms with Crippen molar-refractivity contribution in [1.82, 2.24) is 15.3 Å². The Morgan fingerprint density at radius 2 is 2.26 bits per heavy atom. The van der Waals surface area contributed by atoms with Gasteiger partial charge in [0.05, 0.1) is 17.5 Å². The minimum atomic E-state index is -3.27. The highest BCUT2D eigenvalue weighted by atomic mass is 32.2. The highest BCUT2D eigenvalue weighted by Crippen LogP contribution is 2.42. The van der Waals surface area contributed by atoms with Crippen molar-refractivity contribution in [2.24, 2.45) is 0 Å². The predicted octanol–water partition coefficient (Wildman–Crippen LogP) is 0.527. The summed E-state index contributed by atoms with van der Waals surface area (Å²) in [5.74, 6) is 0.658. The van der Waals surface area contributed by atoms with Crippen LogP contribution in [0.3, 0.4) is 0 Å². The summed E-state index contributed by atoms with van der Waals surface area (Å²) < 4.78 is 26.3. The molecule has 0 aliphatic carbocycles. The first-order chi connectivity index (χ1) is 9.04. The zero-order valence-corrected chi connectivity index (χ0v) is 11.7. The van der Waals surface area contributed by atoms with Gasteiger partial charge in [0.2, 0.25) is 10.0 Å². The average Bonchev–Trinajstić information content (AvgIpc) is 2.62. The molecule has 19 heavy (non-hydrogen) atoms. The van der Waals surface area contributed by atoms with Gasteiger partial charge >= 0.3 is 0 Å². The van der Waals surface area contributed by atoms with E-state index in [1.807, 2.05) is 0 Å². The van der Waals surface area contributed by atoms with Crippen molar-refractivity contribution in [3.05, 3.63) is 18.6 Å². The molecule has 0 saturated carbocycles. The van der Waals surface area contributed by atoms with Crippen molar-refractivity contribution in [1.29, 1.82) is 0 Å². The lowest BCUT2D eigenvalue weighted by Gasteiger charge is -2.42. The van der Waals surface area contributed by atoms with E-state index in [9.17, 15) is 8.42 Å². The molecule has 1 spiro atoms. The number of rotatable bonds is 1. The normalized spacial score (nSPS) is 33.7. The molecule has 6 nitrogen and oxygen atoms in total. The second kappa shape index (κ2) is 4.42. The zero-order chi connectivity index (χ0) is 13.5. The predicted molar refractivity (Wildman–Crippen MR) is 72.3 cm³/mol. The van der Waals surface area contributed by atoms with Crippen molar-refractivity contribution in [3.8, 4) is 0 Å². The first-order valence-corrected chi connectivity index (χ1v) is 8.17. The molecule has 2 atom stereocenters.